The molecule has 0 aliphatic heterocycles. The molecule has 0 aromatic heterocycles. The van der Waals surface area contributed by atoms with Crippen molar-refractivity contribution in [3.63, 3.8) is 0 Å². The molecule has 0 aliphatic rings. The fraction of sp³-hybridized carbons (Fsp3) is 0.333. The molecule has 0 bridgehead atoms. The third-order valence-corrected chi connectivity index (χ3v) is 5.79. The minimum absolute atomic E-state index is 0.158. The van der Waals surface area contributed by atoms with Crippen LogP contribution in [0.5, 0.6) is 23.0 Å². The maximum absolute atomic E-state index is 14.8. The summed E-state index contributed by atoms with van der Waals surface area (Å²) in [6.45, 7) is 4.55. The summed E-state index contributed by atoms with van der Waals surface area (Å²) < 4.78 is 79.2. The van der Waals surface area contributed by atoms with E-state index in [2.05, 4.69) is 10.6 Å². The second-order valence-electron chi connectivity index (χ2n) is 9.10. The number of carbonyl (C=O) groups is 2. The molecule has 226 valence electrons. The summed E-state index contributed by atoms with van der Waals surface area (Å²) in [5.41, 5.74) is 0.602. The van der Waals surface area contributed by atoms with E-state index in [1.165, 1.54) is 48.5 Å². The third-order valence-electron chi connectivity index (χ3n) is 5.79. The largest absolute Gasteiger partial charge is 0.451 e. The average Bonchev–Trinajstić information content (AvgIpc) is 2.98. The number of rotatable bonds is 14. The van der Waals surface area contributed by atoms with Crippen LogP contribution in [-0.4, -0.2) is 25.4 Å². The van der Waals surface area contributed by atoms with Crippen molar-refractivity contribution in [2.45, 2.75) is 52.4 Å². The molecule has 0 spiro atoms. The van der Waals surface area contributed by atoms with Crippen molar-refractivity contribution < 1.29 is 46.1 Å². The highest BCUT2D eigenvalue weighted by Crippen LogP contribution is 2.39. The summed E-state index contributed by atoms with van der Waals surface area (Å²) in [6, 6.07) is 10.4. The zero-order valence-corrected chi connectivity index (χ0v) is 23.2. The van der Waals surface area contributed by atoms with Crippen LogP contribution in [0.25, 0.3) is 0 Å². The zero-order valence-electron chi connectivity index (χ0n) is 23.2. The van der Waals surface area contributed by atoms with Crippen LogP contribution in [0.15, 0.2) is 48.5 Å². The normalized spacial score (nSPS) is 10.6. The number of nitrogens with one attached hydrogen (secondary N) is 2. The van der Waals surface area contributed by atoms with E-state index in [1.54, 1.807) is 0 Å². The molecule has 3 rings (SSSR count). The maximum Gasteiger partial charge on any atom is 0.411 e. The fourth-order valence-corrected chi connectivity index (χ4v) is 3.56. The molecular formula is C30H32F4N2O6. The summed E-state index contributed by atoms with van der Waals surface area (Å²) in [5.74, 6) is -10.2. The highest BCUT2D eigenvalue weighted by Gasteiger charge is 2.29. The third kappa shape index (κ3) is 9.28. The Bertz CT molecular complexity index is 1210. The molecule has 0 saturated carbocycles. The standard InChI is InChI=1S/C30H32F4N2O6/c1-3-5-7-17-39-29(37)35-19-9-13-21(14-10-19)41-27-23(31)25(33)28(26(34)24(27)32)42-22-15-11-20(12-16-22)36-30(38)40-18-8-6-4-2/h9-16H,3-8,17-18H2,1-2H3,(H,35,37)(H,36,38). The van der Waals surface area contributed by atoms with Gasteiger partial charge in [-0.3, -0.25) is 10.6 Å². The quantitative estimate of drug-likeness (QED) is 0.110. The predicted octanol–water partition coefficient (Wildman–Crippen LogP) is 9.30. The van der Waals surface area contributed by atoms with Crippen molar-refractivity contribution >= 4 is 23.6 Å². The van der Waals surface area contributed by atoms with Gasteiger partial charge in [-0.25, -0.2) is 9.59 Å². The Labute approximate surface area is 240 Å². The lowest BCUT2D eigenvalue weighted by Crippen LogP contribution is -2.14. The molecule has 8 nitrogen and oxygen atoms in total. The maximum atomic E-state index is 14.8. The van der Waals surface area contributed by atoms with Crippen LogP contribution < -0.4 is 20.1 Å². The molecule has 0 aliphatic carbocycles. The Kier molecular flexibility index (Phi) is 12.3. The first-order chi connectivity index (χ1) is 20.2. The lowest BCUT2D eigenvalue weighted by Gasteiger charge is -2.14. The molecule has 0 atom stereocenters. The number of ether oxygens (including phenoxy) is 4. The van der Waals surface area contributed by atoms with E-state index in [4.69, 9.17) is 18.9 Å². The number of benzene rings is 3. The molecule has 0 saturated heterocycles. The van der Waals surface area contributed by atoms with Crippen LogP contribution in [0.3, 0.4) is 0 Å². The van der Waals surface area contributed by atoms with Gasteiger partial charge in [-0.2, -0.15) is 17.6 Å². The Morgan fingerprint density at radius 3 is 1.21 bits per heavy atom. The SMILES string of the molecule is CCCCCOC(=O)Nc1ccc(Oc2c(F)c(F)c(Oc3ccc(NC(=O)OCCCCC)cc3)c(F)c2F)cc1. The van der Waals surface area contributed by atoms with E-state index < -0.39 is 47.0 Å². The van der Waals surface area contributed by atoms with Gasteiger partial charge in [-0.05, 0) is 61.4 Å². The second kappa shape index (κ2) is 16.1. The van der Waals surface area contributed by atoms with Gasteiger partial charge in [0, 0.05) is 11.4 Å². The van der Waals surface area contributed by atoms with Crippen molar-refractivity contribution in [2.24, 2.45) is 0 Å². The van der Waals surface area contributed by atoms with Gasteiger partial charge >= 0.3 is 12.2 Å². The predicted molar refractivity (Wildman–Crippen MR) is 148 cm³/mol. The number of hydrogen-bond donors (Lipinski definition) is 2. The molecule has 3 aromatic carbocycles. The molecule has 0 fully saturated rings. The zero-order chi connectivity index (χ0) is 30.5. The van der Waals surface area contributed by atoms with Gasteiger partial charge in [0.05, 0.1) is 13.2 Å². The Morgan fingerprint density at radius 2 is 0.905 bits per heavy atom. The van der Waals surface area contributed by atoms with E-state index in [1.807, 2.05) is 13.8 Å². The fourth-order valence-electron chi connectivity index (χ4n) is 3.56. The van der Waals surface area contributed by atoms with Crippen molar-refractivity contribution in [2.75, 3.05) is 23.8 Å². The molecule has 42 heavy (non-hydrogen) atoms. The van der Waals surface area contributed by atoms with E-state index in [0.29, 0.717) is 11.4 Å². The van der Waals surface area contributed by atoms with Crippen LogP contribution in [0.2, 0.25) is 0 Å². The van der Waals surface area contributed by atoms with Gasteiger partial charge in [0.2, 0.25) is 34.8 Å². The van der Waals surface area contributed by atoms with E-state index in [0.717, 1.165) is 38.5 Å². The van der Waals surface area contributed by atoms with Gasteiger partial charge in [-0.1, -0.05) is 39.5 Å². The number of hydrogen-bond acceptors (Lipinski definition) is 6. The molecular weight excluding hydrogens is 560 g/mol. The van der Waals surface area contributed by atoms with Crippen molar-refractivity contribution in [1.82, 2.24) is 0 Å². The van der Waals surface area contributed by atoms with Gasteiger partial charge in [0.25, 0.3) is 0 Å². The molecule has 3 aromatic rings. The first-order valence-corrected chi connectivity index (χ1v) is 13.5. The van der Waals surface area contributed by atoms with E-state index in [9.17, 15) is 27.2 Å². The van der Waals surface area contributed by atoms with Crippen molar-refractivity contribution in [3.8, 4) is 23.0 Å². The smallest absolute Gasteiger partial charge is 0.411 e. The lowest BCUT2D eigenvalue weighted by atomic mass is 10.2. The van der Waals surface area contributed by atoms with Crippen LogP contribution in [0.1, 0.15) is 52.4 Å². The Morgan fingerprint density at radius 1 is 0.571 bits per heavy atom. The summed E-state index contributed by atoms with van der Waals surface area (Å²) in [5, 5.41) is 4.96. The molecule has 0 radical (unpaired) electrons. The molecule has 2 N–H and O–H groups in total. The topological polar surface area (TPSA) is 95.1 Å². The van der Waals surface area contributed by atoms with Gasteiger partial charge < -0.3 is 18.9 Å². The number of halogens is 4. The second-order valence-corrected chi connectivity index (χ2v) is 9.10. The highest BCUT2D eigenvalue weighted by atomic mass is 19.2. The number of carbonyl (C=O) groups excluding carboxylic acids is 2. The minimum atomic E-state index is -1.81. The Hall–Kier alpha value is -4.48. The summed E-state index contributed by atoms with van der Waals surface area (Å²) in [7, 11) is 0. The number of anilines is 2. The van der Waals surface area contributed by atoms with Crippen LogP contribution in [0, 0.1) is 23.3 Å². The molecule has 0 unspecified atom stereocenters. The Balaban J connectivity index is 1.63. The first-order valence-electron chi connectivity index (χ1n) is 13.5. The minimum Gasteiger partial charge on any atom is -0.451 e. The van der Waals surface area contributed by atoms with Crippen molar-refractivity contribution in [3.05, 3.63) is 71.8 Å². The average molecular weight is 593 g/mol. The van der Waals surface area contributed by atoms with Crippen LogP contribution >= 0.6 is 0 Å². The van der Waals surface area contributed by atoms with Crippen LogP contribution in [0.4, 0.5) is 38.5 Å². The molecule has 0 heterocycles. The summed E-state index contributed by atoms with van der Waals surface area (Å²) in [4.78, 5) is 23.6. The summed E-state index contributed by atoms with van der Waals surface area (Å²) in [6.07, 6.45) is 3.89. The lowest BCUT2D eigenvalue weighted by molar-refractivity contribution is 0.158. The van der Waals surface area contributed by atoms with E-state index >= 15 is 0 Å². The number of amides is 2. The molecule has 2 amide bonds. The van der Waals surface area contributed by atoms with Crippen LogP contribution in [-0.2, 0) is 9.47 Å². The van der Waals surface area contributed by atoms with E-state index in [-0.39, 0.29) is 24.7 Å². The van der Waals surface area contributed by atoms with Gasteiger partial charge in [0.1, 0.15) is 11.5 Å². The van der Waals surface area contributed by atoms with Gasteiger partial charge in [-0.15, -0.1) is 0 Å². The molecule has 12 heteroatoms. The summed E-state index contributed by atoms with van der Waals surface area (Å²) >= 11 is 0. The first kappa shape index (κ1) is 32.0. The highest BCUT2D eigenvalue weighted by molar-refractivity contribution is 5.85. The monoisotopic (exact) mass is 592 g/mol. The number of unbranched alkanes of at least 4 members (excludes halogenated alkanes) is 4. The van der Waals surface area contributed by atoms with Gasteiger partial charge in [0.15, 0.2) is 0 Å². The van der Waals surface area contributed by atoms with Crippen molar-refractivity contribution in [1.29, 1.82) is 0 Å².